The standard InChI is InChI=1S/C18H24O6/c1-2-3-7-10-23-16-11-15(19)18(24-16,17(20)21)13-22-12-14-8-5-4-6-9-14/h2,4-6,8-9,15-16,19H,1,3,7,10-13H2,(H,20,21)/t15-,16+,18+/m0/s1. The van der Waals surface area contributed by atoms with Gasteiger partial charge in [-0.05, 0) is 18.4 Å². The van der Waals surface area contributed by atoms with E-state index in [0.29, 0.717) is 6.61 Å². The van der Waals surface area contributed by atoms with Crippen LogP contribution in [0.15, 0.2) is 43.0 Å². The molecule has 1 heterocycles. The lowest BCUT2D eigenvalue weighted by Crippen LogP contribution is -2.51. The number of aliphatic hydroxyl groups excluding tert-OH is 1. The van der Waals surface area contributed by atoms with Gasteiger partial charge in [-0.3, -0.25) is 0 Å². The second-order valence-electron chi connectivity index (χ2n) is 5.77. The van der Waals surface area contributed by atoms with E-state index >= 15 is 0 Å². The quantitative estimate of drug-likeness (QED) is 0.503. The Hall–Kier alpha value is -1.73. The van der Waals surface area contributed by atoms with Crippen molar-refractivity contribution < 1.29 is 29.2 Å². The number of hydrogen-bond donors (Lipinski definition) is 2. The number of rotatable bonds is 10. The number of benzene rings is 1. The Balaban J connectivity index is 1.89. The molecule has 1 aromatic carbocycles. The van der Waals surface area contributed by atoms with Gasteiger partial charge in [0.1, 0.15) is 6.10 Å². The van der Waals surface area contributed by atoms with Gasteiger partial charge in [-0.2, -0.15) is 0 Å². The highest BCUT2D eigenvalue weighted by molar-refractivity contribution is 5.79. The molecular weight excluding hydrogens is 312 g/mol. The van der Waals surface area contributed by atoms with E-state index < -0.39 is 24.0 Å². The zero-order valence-electron chi connectivity index (χ0n) is 13.6. The molecule has 6 nitrogen and oxygen atoms in total. The maximum absolute atomic E-state index is 11.7. The number of allylic oxidation sites excluding steroid dienone is 1. The molecule has 1 aliphatic rings. The fourth-order valence-electron chi connectivity index (χ4n) is 2.56. The Bertz CT molecular complexity index is 532. The van der Waals surface area contributed by atoms with E-state index in [1.54, 1.807) is 6.08 Å². The number of aliphatic hydroxyl groups is 1. The maximum Gasteiger partial charge on any atom is 0.341 e. The highest BCUT2D eigenvalue weighted by Gasteiger charge is 2.55. The van der Waals surface area contributed by atoms with Crippen LogP contribution >= 0.6 is 0 Å². The fraction of sp³-hybridized carbons (Fsp3) is 0.500. The molecule has 0 aromatic heterocycles. The minimum atomic E-state index is -1.79. The zero-order chi connectivity index (χ0) is 17.4. The summed E-state index contributed by atoms with van der Waals surface area (Å²) in [5, 5.41) is 19.7. The summed E-state index contributed by atoms with van der Waals surface area (Å²) in [5.41, 5.74) is -0.875. The SMILES string of the molecule is C=CCCCO[C@H]1C[C@H](O)[C@](COCc2ccccc2)(C(=O)O)O1. The minimum Gasteiger partial charge on any atom is -0.479 e. The molecule has 1 saturated heterocycles. The molecule has 1 fully saturated rings. The van der Waals surface area contributed by atoms with E-state index in [2.05, 4.69) is 6.58 Å². The molecule has 3 atom stereocenters. The van der Waals surface area contributed by atoms with Crippen LogP contribution in [0.1, 0.15) is 24.8 Å². The number of unbranched alkanes of at least 4 members (excludes halogenated alkanes) is 1. The Kier molecular flexibility index (Phi) is 6.93. The van der Waals surface area contributed by atoms with Crippen LogP contribution in [-0.4, -0.2) is 47.4 Å². The van der Waals surface area contributed by atoms with Gasteiger partial charge >= 0.3 is 5.97 Å². The van der Waals surface area contributed by atoms with Crippen molar-refractivity contribution in [3.05, 3.63) is 48.6 Å². The fourth-order valence-corrected chi connectivity index (χ4v) is 2.56. The van der Waals surface area contributed by atoms with E-state index in [0.717, 1.165) is 18.4 Å². The van der Waals surface area contributed by atoms with Crippen molar-refractivity contribution in [3.63, 3.8) is 0 Å². The van der Waals surface area contributed by atoms with Crippen molar-refractivity contribution in [2.45, 2.75) is 43.9 Å². The van der Waals surface area contributed by atoms with Crippen molar-refractivity contribution in [2.24, 2.45) is 0 Å². The highest BCUT2D eigenvalue weighted by atomic mass is 16.7. The molecule has 6 heteroatoms. The normalized spacial score (nSPS) is 26.4. The van der Waals surface area contributed by atoms with Gasteiger partial charge in [0.15, 0.2) is 6.29 Å². The number of aliphatic carboxylic acids is 1. The van der Waals surface area contributed by atoms with Crippen molar-refractivity contribution >= 4 is 5.97 Å². The van der Waals surface area contributed by atoms with Gasteiger partial charge in [0.2, 0.25) is 5.60 Å². The predicted octanol–water partition coefficient (Wildman–Crippen LogP) is 2.12. The van der Waals surface area contributed by atoms with Crippen LogP contribution in [0.3, 0.4) is 0 Å². The molecule has 0 saturated carbocycles. The molecule has 0 aliphatic carbocycles. The van der Waals surface area contributed by atoms with Gasteiger partial charge in [0, 0.05) is 6.42 Å². The molecule has 0 bridgehead atoms. The summed E-state index contributed by atoms with van der Waals surface area (Å²) in [7, 11) is 0. The largest absolute Gasteiger partial charge is 0.479 e. The first kappa shape index (κ1) is 18.6. The van der Waals surface area contributed by atoms with Crippen molar-refractivity contribution in [3.8, 4) is 0 Å². The molecule has 0 radical (unpaired) electrons. The third-order valence-corrected chi connectivity index (χ3v) is 3.94. The van der Waals surface area contributed by atoms with Crippen molar-refractivity contribution in [2.75, 3.05) is 13.2 Å². The summed E-state index contributed by atoms with van der Waals surface area (Å²) in [6, 6.07) is 9.40. The summed E-state index contributed by atoms with van der Waals surface area (Å²) < 4.78 is 16.5. The summed E-state index contributed by atoms with van der Waals surface area (Å²) in [4.78, 5) is 11.7. The van der Waals surface area contributed by atoms with Crippen LogP contribution in [0.5, 0.6) is 0 Å². The first-order valence-corrected chi connectivity index (χ1v) is 8.02. The molecule has 2 N–H and O–H groups in total. The van der Waals surface area contributed by atoms with Crippen molar-refractivity contribution in [1.29, 1.82) is 0 Å². The molecule has 1 aromatic rings. The zero-order valence-corrected chi connectivity index (χ0v) is 13.6. The molecule has 132 valence electrons. The van der Waals surface area contributed by atoms with Crippen LogP contribution in [0.25, 0.3) is 0 Å². The van der Waals surface area contributed by atoms with Crippen LogP contribution in [0, 0.1) is 0 Å². The Morgan fingerprint density at radius 1 is 1.42 bits per heavy atom. The molecule has 0 amide bonds. The monoisotopic (exact) mass is 336 g/mol. The highest BCUT2D eigenvalue weighted by Crippen LogP contribution is 2.32. The van der Waals surface area contributed by atoms with Gasteiger partial charge in [0.05, 0.1) is 19.8 Å². The van der Waals surface area contributed by atoms with E-state index in [4.69, 9.17) is 14.2 Å². The lowest BCUT2D eigenvalue weighted by atomic mass is 9.98. The van der Waals surface area contributed by atoms with Gasteiger partial charge in [0.25, 0.3) is 0 Å². The average Bonchev–Trinajstić information content (AvgIpc) is 2.90. The van der Waals surface area contributed by atoms with Gasteiger partial charge in [-0.25, -0.2) is 4.79 Å². The number of carboxylic acids is 1. The first-order chi connectivity index (χ1) is 11.6. The van der Waals surface area contributed by atoms with Crippen LogP contribution in [-0.2, 0) is 25.6 Å². The Labute approximate surface area is 141 Å². The van der Waals surface area contributed by atoms with Crippen LogP contribution in [0.4, 0.5) is 0 Å². The summed E-state index contributed by atoms with van der Waals surface area (Å²) in [6.07, 6.45) is 1.53. The van der Waals surface area contributed by atoms with Crippen molar-refractivity contribution in [1.82, 2.24) is 0 Å². The second kappa shape index (κ2) is 8.94. The number of carboxylic acid groups (broad SMARTS) is 1. The molecule has 2 rings (SSSR count). The topological polar surface area (TPSA) is 85.2 Å². The van der Waals surface area contributed by atoms with Crippen LogP contribution in [0.2, 0.25) is 0 Å². The van der Waals surface area contributed by atoms with Gasteiger partial charge in [-0.15, -0.1) is 6.58 Å². The van der Waals surface area contributed by atoms with E-state index in [-0.39, 0.29) is 19.6 Å². The number of hydrogen-bond acceptors (Lipinski definition) is 5. The lowest BCUT2D eigenvalue weighted by Gasteiger charge is -2.27. The summed E-state index contributed by atoms with van der Waals surface area (Å²) in [6.45, 7) is 4.05. The molecule has 0 unspecified atom stereocenters. The molecular formula is C18H24O6. The third kappa shape index (κ3) is 4.64. The van der Waals surface area contributed by atoms with Gasteiger partial charge in [-0.1, -0.05) is 36.4 Å². The predicted molar refractivity (Wildman–Crippen MR) is 87.3 cm³/mol. The molecule has 24 heavy (non-hydrogen) atoms. The van der Waals surface area contributed by atoms with E-state index in [1.807, 2.05) is 30.3 Å². The van der Waals surface area contributed by atoms with E-state index in [9.17, 15) is 15.0 Å². The number of ether oxygens (including phenoxy) is 3. The lowest BCUT2D eigenvalue weighted by molar-refractivity contribution is -0.212. The Morgan fingerprint density at radius 3 is 2.83 bits per heavy atom. The third-order valence-electron chi connectivity index (χ3n) is 3.94. The smallest absolute Gasteiger partial charge is 0.341 e. The number of carbonyl (C=O) groups is 1. The second-order valence-corrected chi connectivity index (χ2v) is 5.77. The average molecular weight is 336 g/mol. The minimum absolute atomic E-state index is 0.106. The first-order valence-electron chi connectivity index (χ1n) is 8.02. The summed E-state index contributed by atoms with van der Waals surface area (Å²) >= 11 is 0. The van der Waals surface area contributed by atoms with Gasteiger partial charge < -0.3 is 24.4 Å². The molecule has 1 aliphatic heterocycles. The van der Waals surface area contributed by atoms with Crippen LogP contribution < -0.4 is 0 Å². The Morgan fingerprint density at radius 2 is 2.17 bits per heavy atom. The van der Waals surface area contributed by atoms with E-state index in [1.165, 1.54) is 0 Å². The molecule has 0 spiro atoms. The maximum atomic E-state index is 11.7. The summed E-state index contributed by atoms with van der Waals surface area (Å²) in [5.74, 6) is -1.25.